The lowest BCUT2D eigenvalue weighted by Gasteiger charge is -2.37. The van der Waals surface area contributed by atoms with Crippen molar-refractivity contribution in [3.63, 3.8) is 0 Å². The Kier molecular flexibility index (Phi) is 3.03. The monoisotopic (exact) mass is 178 g/mol. The van der Waals surface area contributed by atoms with E-state index in [1.54, 1.807) is 6.92 Å². The zero-order chi connectivity index (χ0) is 9.30. The summed E-state index contributed by atoms with van der Waals surface area (Å²) in [6.45, 7) is 1.75. The highest BCUT2D eigenvalue weighted by molar-refractivity contribution is 4.87. The van der Waals surface area contributed by atoms with Gasteiger partial charge in [-0.3, -0.25) is 0 Å². The Labute approximate surface area is 70.2 Å². The van der Waals surface area contributed by atoms with Crippen LogP contribution in [0.1, 0.15) is 13.3 Å². The summed E-state index contributed by atoms with van der Waals surface area (Å²) in [6, 6.07) is 0. The Balaban J connectivity index is 2.63. The topological polar surface area (TPSA) is 90.2 Å². The number of aliphatic hydroxyl groups is 4. The molecular formula is C7H14O5. The van der Waals surface area contributed by atoms with Crippen molar-refractivity contribution in [1.29, 1.82) is 0 Å². The number of hydrogen-bond donors (Lipinski definition) is 4. The third-order valence-corrected chi connectivity index (χ3v) is 2.09. The summed E-state index contributed by atoms with van der Waals surface area (Å²) >= 11 is 0. The molecule has 0 spiro atoms. The molecule has 0 aliphatic carbocycles. The van der Waals surface area contributed by atoms with Gasteiger partial charge in [0.25, 0.3) is 0 Å². The van der Waals surface area contributed by atoms with Crippen LogP contribution < -0.4 is 0 Å². The van der Waals surface area contributed by atoms with E-state index in [-0.39, 0.29) is 0 Å². The van der Waals surface area contributed by atoms with E-state index in [1.807, 2.05) is 0 Å². The minimum atomic E-state index is -1.43. The van der Waals surface area contributed by atoms with Crippen molar-refractivity contribution in [3.8, 4) is 0 Å². The predicted octanol–water partition coefficient (Wildman–Crippen LogP) is -1.80. The molecule has 1 aliphatic heterocycles. The summed E-state index contributed by atoms with van der Waals surface area (Å²) in [5.41, 5.74) is 0. The Morgan fingerprint density at radius 1 is 1.00 bits per heavy atom. The molecule has 0 aromatic rings. The number of ether oxygens (including phenoxy) is 1. The Morgan fingerprint density at radius 3 is 2.08 bits per heavy atom. The smallest absolute Gasteiger partial charge is 0.183 e. The van der Waals surface area contributed by atoms with Gasteiger partial charge in [0.15, 0.2) is 6.29 Å². The molecule has 1 aliphatic rings. The van der Waals surface area contributed by atoms with Crippen molar-refractivity contribution in [2.24, 2.45) is 0 Å². The standard InChI is InChI=1S/C7H14O5/c1-2-3-4(8)5(9)6(10)7(11)12-3/h3-11H,2H2,1H3/t3?,4?,5-,6?,7?/m0/s1. The van der Waals surface area contributed by atoms with Gasteiger partial charge in [-0.15, -0.1) is 0 Å². The molecule has 0 radical (unpaired) electrons. The first-order chi connectivity index (χ1) is 5.57. The lowest BCUT2D eigenvalue weighted by atomic mass is 9.97. The fraction of sp³-hybridized carbons (Fsp3) is 1.00. The van der Waals surface area contributed by atoms with Gasteiger partial charge in [-0.05, 0) is 6.42 Å². The Hall–Kier alpha value is -0.200. The normalized spacial score (nSPS) is 49.2. The highest BCUT2D eigenvalue weighted by atomic mass is 16.6. The molecular weight excluding hydrogens is 164 g/mol. The summed E-state index contributed by atoms with van der Waals surface area (Å²) < 4.78 is 4.83. The number of hydrogen-bond acceptors (Lipinski definition) is 5. The van der Waals surface area contributed by atoms with Crippen LogP contribution in [-0.2, 0) is 4.74 Å². The fourth-order valence-electron chi connectivity index (χ4n) is 1.27. The second-order valence-corrected chi connectivity index (χ2v) is 2.95. The summed E-state index contributed by atoms with van der Waals surface area (Å²) in [4.78, 5) is 0. The summed E-state index contributed by atoms with van der Waals surface area (Å²) in [6.07, 6.45) is -5.44. The highest BCUT2D eigenvalue weighted by Gasteiger charge is 2.41. The average Bonchev–Trinajstić information content (AvgIpc) is 2.08. The average molecular weight is 178 g/mol. The van der Waals surface area contributed by atoms with E-state index in [4.69, 9.17) is 14.9 Å². The fourth-order valence-corrected chi connectivity index (χ4v) is 1.27. The van der Waals surface area contributed by atoms with Gasteiger partial charge in [-0.2, -0.15) is 0 Å². The predicted molar refractivity (Wildman–Crippen MR) is 39.2 cm³/mol. The van der Waals surface area contributed by atoms with E-state index in [0.29, 0.717) is 6.42 Å². The van der Waals surface area contributed by atoms with E-state index in [2.05, 4.69) is 0 Å². The number of aliphatic hydroxyl groups excluding tert-OH is 4. The van der Waals surface area contributed by atoms with Gasteiger partial charge in [0.05, 0.1) is 6.10 Å². The van der Waals surface area contributed by atoms with Crippen LogP contribution in [0.2, 0.25) is 0 Å². The maximum Gasteiger partial charge on any atom is 0.183 e. The molecule has 1 fully saturated rings. The molecule has 5 nitrogen and oxygen atoms in total. The van der Waals surface area contributed by atoms with Crippen LogP contribution in [0.5, 0.6) is 0 Å². The third-order valence-electron chi connectivity index (χ3n) is 2.09. The van der Waals surface area contributed by atoms with Crippen LogP contribution in [0, 0.1) is 0 Å². The van der Waals surface area contributed by atoms with Crippen LogP contribution >= 0.6 is 0 Å². The molecule has 0 bridgehead atoms. The van der Waals surface area contributed by atoms with Crippen LogP contribution in [0.25, 0.3) is 0 Å². The van der Waals surface area contributed by atoms with Gasteiger partial charge in [0.1, 0.15) is 18.3 Å². The first kappa shape index (κ1) is 9.88. The van der Waals surface area contributed by atoms with Gasteiger partial charge in [-0.1, -0.05) is 6.92 Å². The maximum atomic E-state index is 9.28. The molecule has 4 N–H and O–H groups in total. The molecule has 4 unspecified atom stereocenters. The van der Waals surface area contributed by atoms with E-state index in [0.717, 1.165) is 0 Å². The molecule has 0 aromatic carbocycles. The van der Waals surface area contributed by atoms with Crippen molar-refractivity contribution >= 4 is 0 Å². The Bertz CT molecular complexity index is 146. The molecule has 5 atom stereocenters. The van der Waals surface area contributed by atoms with Crippen LogP contribution in [0.3, 0.4) is 0 Å². The van der Waals surface area contributed by atoms with Crippen LogP contribution in [-0.4, -0.2) is 51.1 Å². The molecule has 1 saturated heterocycles. The highest BCUT2D eigenvalue weighted by Crippen LogP contribution is 2.21. The van der Waals surface area contributed by atoms with E-state index in [9.17, 15) is 10.2 Å². The van der Waals surface area contributed by atoms with Gasteiger partial charge in [0, 0.05) is 0 Å². The quantitative estimate of drug-likeness (QED) is 0.380. The van der Waals surface area contributed by atoms with E-state index < -0.39 is 30.7 Å². The van der Waals surface area contributed by atoms with Gasteiger partial charge in [0.2, 0.25) is 0 Å². The van der Waals surface area contributed by atoms with Crippen molar-refractivity contribution in [2.75, 3.05) is 0 Å². The molecule has 1 heterocycles. The Morgan fingerprint density at radius 2 is 1.58 bits per heavy atom. The SMILES string of the molecule is CCC1OC(O)C(O)[C@@H](O)C1O. The molecule has 12 heavy (non-hydrogen) atoms. The van der Waals surface area contributed by atoms with Crippen LogP contribution in [0.15, 0.2) is 0 Å². The zero-order valence-electron chi connectivity index (χ0n) is 6.79. The first-order valence-electron chi connectivity index (χ1n) is 3.95. The largest absolute Gasteiger partial charge is 0.388 e. The molecule has 0 amide bonds. The van der Waals surface area contributed by atoms with E-state index >= 15 is 0 Å². The summed E-state index contributed by atoms with van der Waals surface area (Å²) in [5.74, 6) is 0. The van der Waals surface area contributed by atoms with Crippen molar-refractivity contribution in [3.05, 3.63) is 0 Å². The third kappa shape index (κ3) is 1.60. The molecule has 5 heteroatoms. The molecule has 0 aromatic heterocycles. The lowest BCUT2D eigenvalue weighted by Crippen LogP contribution is -2.57. The summed E-state index contributed by atoms with van der Waals surface area (Å²) in [7, 11) is 0. The second-order valence-electron chi connectivity index (χ2n) is 2.95. The van der Waals surface area contributed by atoms with Crippen molar-refractivity contribution in [1.82, 2.24) is 0 Å². The minimum absolute atomic E-state index is 0.474. The molecule has 1 rings (SSSR count). The van der Waals surface area contributed by atoms with Gasteiger partial charge >= 0.3 is 0 Å². The number of rotatable bonds is 1. The summed E-state index contributed by atoms with van der Waals surface area (Å²) in [5, 5.41) is 36.5. The van der Waals surface area contributed by atoms with Gasteiger partial charge < -0.3 is 25.2 Å². The van der Waals surface area contributed by atoms with Gasteiger partial charge in [-0.25, -0.2) is 0 Å². The molecule has 0 saturated carbocycles. The lowest BCUT2D eigenvalue weighted by molar-refractivity contribution is -0.281. The van der Waals surface area contributed by atoms with Crippen LogP contribution in [0.4, 0.5) is 0 Å². The van der Waals surface area contributed by atoms with E-state index in [1.165, 1.54) is 0 Å². The maximum absolute atomic E-state index is 9.28. The first-order valence-corrected chi connectivity index (χ1v) is 3.95. The molecule has 72 valence electrons. The minimum Gasteiger partial charge on any atom is -0.388 e. The van der Waals surface area contributed by atoms with Crippen molar-refractivity contribution < 1.29 is 25.2 Å². The zero-order valence-corrected chi connectivity index (χ0v) is 6.79. The van der Waals surface area contributed by atoms with Crippen molar-refractivity contribution in [2.45, 2.75) is 44.1 Å². The second kappa shape index (κ2) is 3.68.